The van der Waals surface area contributed by atoms with Gasteiger partial charge in [-0.2, -0.15) is 0 Å². The zero-order valence-corrected chi connectivity index (χ0v) is 13.5. The van der Waals surface area contributed by atoms with Crippen LogP contribution in [0.5, 0.6) is 5.75 Å². The third kappa shape index (κ3) is 5.12. The molecular weight excluding hydrogens is 316 g/mol. The zero-order valence-electron chi connectivity index (χ0n) is 13.5. The smallest absolute Gasteiger partial charge is 0.319 e. The molecule has 24 heavy (non-hydrogen) atoms. The highest BCUT2D eigenvalue weighted by Gasteiger charge is 2.04. The highest BCUT2D eigenvalue weighted by Crippen LogP contribution is 2.16. The van der Waals surface area contributed by atoms with E-state index < -0.39 is 11.6 Å². The van der Waals surface area contributed by atoms with E-state index in [1.807, 2.05) is 31.1 Å². The molecule has 0 unspecified atom stereocenters. The van der Waals surface area contributed by atoms with E-state index >= 15 is 0 Å². The number of carbonyl (C=O) groups is 1. The highest BCUT2D eigenvalue weighted by atomic mass is 19.2. The molecule has 0 spiro atoms. The summed E-state index contributed by atoms with van der Waals surface area (Å²) in [4.78, 5) is 13.7. The van der Waals surface area contributed by atoms with E-state index in [0.29, 0.717) is 5.69 Å². The van der Waals surface area contributed by atoms with Gasteiger partial charge in [-0.05, 0) is 36.4 Å². The van der Waals surface area contributed by atoms with Gasteiger partial charge >= 0.3 is 6.03 Å². The van der Waals surface area contributed by atoms with Crippen LogP contribution >= 0.6 is 0 Å². The predicted octanol–water partition coefficient (Wildman–Crippen LogP) is 3.23. The second kappa shape index (κ2) is 8.14. The van der Waals surface area contributed by atoms with Gasteiger partial charge in [-0.25, -0.2) is 13.6 Å². The van der Waals surface area contributed by atoms with Crippen LogP contribution in [0, 0.1) is 11.6 Å². The third-order valence-corrected chi connectivity index (χ3v) is 3.19. The summed E-state index contributed by atoms with van der Waals surface area (Å²) in [5.41, 5.74) is 1.69. The first-order valence-corrected chi connectivity index (χ1v) is 7.36. The number of hydrogen-bond acceptors (Lipinski definition) is 3. The van der Waals surface area contributed by atoms with Gasteiger partial charge in [-0.3, -0.25) is 0 Å². The molecule has 2 N–H and O–H groups in total. The largest absolute Gasteiger partial charge is 0.492 e. The summed E-state index contributed by atoms with van der Waals surface area (Å²) in [5, 5.41) is 5.30. The van der Waals surface area contributed by atoms with Crippen molar-refractivity contribution >= 4 is 17.4 Å². The molecule has 0 radical (unpaired) electrons. The first-order valence-electron chi connectivity index (χ1n) is 7.36. The maximum absolute atomic E-state index is 13.0. The quantitative estimate of drug-likeness (QED) is 0.797. The summed E-state index contributed by atoms with van der Waals surface area (Å²) < 4.78 is 31.0. The van der Waals surface area contributed by atoms with Crippen LogP contribution in [0.3, 0.4) is 0 Å². The van der Waals surface area contributed by atoms with Crippen LogP contribution in [0.1, 0.15) is 0 Å². The van der Waals surface area contributed by atoms with Crippen LogP contribution in [-0.4, -0.2) is 33.3 Å². The Balaban J connectivity index is 1.72. The van der Waals surface area contributed by atoms with Gasteiger partial charge in [0.25, 0.3) is 0 Å². The van der Waals surface area contributed by atoms with E-state index in [1.165, 1.54) is 6.07 Å². The van der Waals surface area contributed by atoms with Gasteiger partial charge in [0.2, 0.25) is 0 Å². The molecule has 0 fully saturated rings. The molecule has 0 aliphatic carbocycles. The van der Waals surface area contributed by atoms with E-state index in [1.54, 1.807) is 12.1 Å². The minimum atomic E-state index is -0.973. The number of urea groups is 1. The molecule has 2 rings (SSSR count). The first-order chi connectivity index (χ1) is 11.5. The van der Waals surface area contributed by atoms with Crippen molar-refractivity contribution in [2.24, 2.45) is 0 Å². The predicted molar refractivity (Wildman–Crippen MR) is 89.6 cm³/mol. The molecule has 2 aromatic rings. The lowest BCUT2D eigenvalue weighted by Crippen LogP contribution is -2.32. The van der Waals surface area contributed by atoms with Crippen LogP contribution in [-0.2, 0) is 0 Å². The Morgan fingerprint density at radius 2 is 1.79 bits per heavy atom. The van der Waals surface area contributed by atoms with Gasteiger partial charge in [0, 0.05) is 31.5 Å². The van der Waals surface area contributed by atoms with Crippen molar-refractivity contribution < 1.29 is 18.3 Å². The SMILES string of the molecule is CN(C)c1ccc(NC(=O)NCCOc2ccc(F)c(F)c2)cc1. The fourth-order valence-corrected chi connectivity index (χ4v) is 1.92. The molecule has 0 aliphatic rings. The molecule has 7 heteroatoms. The van der Waals surface area contributed by atoms with E-state index in [2.05, 4.69) is 10.6 Å². The average molecular weight is 335 g/mol. The van der Waals surface area contributed by atoms with Gasteiger partial charge in [0.1, 0.15) is 12.4 Å². The van der Waals surface area contributed by atoms with Gasteiger partial charge in [-0.15, -0.1) is 0 Å². The van der Waals surface area contributed by atoms with Gasteiger partial charge in [0.15, 0.2) is 11.6 Å². The van der Waals surface area contributed by atoms with Crippen LogP contribution < -0.4 is 20.3 Å². The van der Waals surface area contributed by atoms with Crippen LogP contribution in [0.4, 0.5) is 25.0 Å². The Hall–Kier alpha value is -2.83. The fraction of sp³-hybridized carbons (Fsp3) is 0.235. The third-order valence-electron chi connectivity index (χ3n) is 3.19. The molecular formula is C17H19F2N3O2. The maximum Gasteiger partial charge on any atom is 0.319 e. The van der Waals surface area contributed by atoms with Crippen LogP contribution in [0.2, 0.25) is 0 Å². The summed E-state index contributed by atoms with van der Waals surface area (Å²) in [6, 6.07) is 10.3. The van der Waals surface area contributed by atoms with Crippen molar-refractivity contribution in [2.45, 2.75) is 0 Å². The van der Waals surface area contributed by atoms with Gasteiger partial charge < -0.3 is 20.3 Å². The maximum atomic E-state index is 13.0. The summed E-state index contributed by atoms with van der Waals surface area (Å²) in [5.74, 6) is -1.70. The topological polar surface area (TPSA) is 53.6 Å². The molecule has 0 saturated carbocycles. The Bertz CT molecular complexity index is 691. The van der Waals surface area contributed by atoms with Crippen molar-refractivity contribution in [3.05, 3.63) is 54.1 Å². The van der Waals surface area contributed by atoms with Crippen LogP contribution in [0.25, 0.3) is 0 Å². The molecule has 0 atom stereocenters. The highest BCUT2D eigenvalue weighted by molar-refractivity contribution is 5.89. The second-order valence-corrected chi connectivity index (χ2v) is 5.25. The molecule has 0 aliphatic heterocycles. The number of hydrogen-bond donors (Lipinski definition) is 2. The summed E-state index contributed by atoms with van der Waals surface area (Å²) in [7, 11) is 3.87. The van der Waals surface area contributed by atoms with Crippen molar-refractivity contribution in [1.82, 2.24) is 5.32 Å². The number of halogens is 2. The number of nitrogens with zero attached hydrogens (tertiary/aromatic N) is 1. The Labute approximate surface area is 139 Å². The van der Waals surface area contributed by atoms with Crippen molar-refractivity contribution in [3.8, 4) is 5.75 Å². The van der Waals surface area contributed by atoms with E-state index in [-0.39, 0.29) is 24.9 Å². The number of anilines is 2. The Morgan fingerprint density at radius 1 is 1.08 bits per heavy atom. The van der Waals surface area contributed by atoms with Crippen LogP contribution in [0.15, 0.2) is 42.5 Å². The summed E-state index contributed by atoms with van der Waals surface area (Å²) in [6.45, 7) is 0.360. The molecule has 2 aromatic carbocycles. The lowest BCUT2D eigenvalue weighted by molar-refractivity contribution is 0.247. The summed E-state index contributed by atoms with van der Waals surface area (Å²) in [6.07, 6.45) is 0. The molecule has 0 aromatic heterocycles. The second-order valence-electron chi connectivity index (χ2n) is 5.25. The standard InChI is InChI=1S/C17H19F2N3O2/c1-22(2)13-5-3-12(4-6-13)21-17(23)20-9-10-24-14-7-8-15(18)16(19)11-14/h3-8,11H,9-10H2,1-2H3,(H2,20,21,23). The Morgan fingerprint density at radius 3 is 2.42 bits per heavy atom. The normalized spacial score (nSPS) is 10.2. The molecule has 128 valence electrons. The summed E-state index contributed by atoms with van der Waals surface area (Å²) >= 11 is 0. The minimum Gasteiger partial charge on any atom is -0.492 e. The number of carbonyl (C=O) groups excluding carboxylic acids is 1. The molecule has 5 nitrogen and oxygen atoms in total. The van der Waals surface area contributed by atoms with Gasteiger partial charge in [0.05, 0.1) is 6.54 Å². The lowest BCUT2D eigenvalue weighted by atomic mass is 10.2. The number of benzene rings is 2. The Kier molecular flexibility index (Phi) is 5.95. The molecule has 0 saturated heterocycles. The van der Waals surface area contributed by atoms with Crippen molar-refractivity contribution in [1.29, 1.82) is 0 Å². The number of rotatable bonds is 6. The molecule has 2 amide bonds. The molecule has 0 bridgehead atoms. The monoisotopic (exact) mass is 335 g/mol. The number of amides is 2. The average Bonchev–Trinajstić information content (AvgIpc) is 2.55. The van der Waals surface area contributed by atoms with E-state index in [0.717, 1.165) is 17.8 Å². The van der Waals surface area contributed by atoms with Crippen molar-refractivity contribution in [3.63, 3.8) is 0 Å². The van der Waals surface area contributed by atoms with Crippen molar-refractivity contribution in [2.75, 3.05) is 37.5 Å². The fourth-order valence-electron chi connectivity index (χ4n) is 1.92. The first kappa shape index (κ1) is 17.5. The van der Waals surface area contributed by atoms with Gasteiger partial charge in [-0.1, -0.05) is 0 Å². The number of nitrogens with one attached hydrogen (secondary N) is 2. The zero-order chi connectivity index (χ0) is 17.5. The van der Waals surface area contributed by atoms with E-state index in [4.69, 9.17) is 4.74 Å². The minimum absolute atomic E-state index is 0.137. The lowest BCUT2D eigenvalue weighted by Gasteiger charge is -2.13. The molecule has 0 heterocycles. The van der Waals surface area contributed by atoms with E-state index in [9.17, 15) is 13.6 Å². The number of ether oxygens (including phenoxy) is 1.